The van der Waals surface area contributed by atoms with Gasteiger partial charge in [-0.25, -0.2) is 0 Å². The highest BCUT2D eigenvalue weighted by atomic mass is 16.5. The normalized spacial score (nSPS) is 10.0. The van der Waals surface area contributed by atoms with Crippen LogP contribution in [0.15, 0.2) is 42.5 Å². The van der Waals surface area contributed by atoms with Gasteiger partial charge in [-0.15, -0.1) is 0 Å². The summed E-state index contributed by atoms with van der Waals surface area (Å²) in [5, 5.41) is 5.32. The maximum atomic E-state index is 12.1. The van der Waals surface area contributed by atoms with E-state index in [9.17, 15) is 9.59 Å². The first kappa shape index (κ1) is 18.3. The van der Waals surface area contributed by atoms with E-state index in [0.717, 1.165) is 11.1 Å². The van der Waals surface area contributed by atoms with Crippen molar-refractivity contribution in [3.8, 4) is 11.5 Å². The van der Waals surface area contributed by atoms with Crippen molar-refractivity contribution in [3.05, 3.63) is 53.6 Å². The first-order valence-corrected chi connectivity index (χ1v) is 7.86. The summed E-state index contributed by atoms with van der Waals surface area (Å²) in [7, 11) is 3.06. The van der Waals surface area contributed by atoms with E-state index in [-0.39, 0.29) is 24.8 Å². The SMILES string of the molecule is COc1ccc(OC)c(NC(=O)CNC(=O)Cc2cccc(C)c2)c1. The summed E-state index contributed by atoms with van der Waals surface area (Å²) in [5.74, 6) is 0.558. The molecule has 2 N–H and O–H groups in total. The Bertz CT molecular complexity index is 759. The van der Waals surface area contributed by atoms with Crippen molar-refractivity contribution in [1.29, 1.82) is 0 Å². The van der Waals surface area contributed by atoms with E-state index in [1.807, 2.05) is 31.2 Å². The van der Waals surface area contributed by atoms with Crippen LogP contribution in [-0.2, 0) is 16.0 Å². The zero-order chi connectivity index (χ0) is 18.2. The number of methoxy groups -OCH3 is 2. The molecule has 0 spiro atoms. The van der Waals surface area contributed by atoms with E-state index in [4.69, 9.17) is 9.47 Å². The molecular formula is C19H22N2O4. The topological polar surface area (TPSA) is 76.7 Å². The number of nitrogens with one attached hydrogen (secondary N) is 2. The first-order chi connectivity index (χ1) is 12.0. The third-order valence-electron chi connectivity index (χ3n) is 3.57. The van der Waals surface area contributed by atoms with Gasteiger partial charge in [0.05, 0.1) is 32.9 Å². The molecule has 0 aliphatic rings. The van der Waals surface area contributed by atoms with Gasteiger partial charge in [0, 0.05) is 6.07 Å². The average molecular weight is 342 g/mol. The van der Waals surface area contributed by atoms with Gasteiger partial charge >= 0.3 is 0 Å². The van der Waals surface area contributed by atoms with Gasteiger partial charge in [0.25, 0.3) is 0 Å². The number of hydrogen-bond acceptors (Lipinski definition) is 4. The van der Waals surface area contributed by atoms with Gasteiger partial charge in [-0.05, 0) is 24.6 Å². The molecule has 2 aromatic rings. The van der Waals surface area contributed by atoms with Crippen LogP contribution in [0.1, 0.15) is 11.1 Å². The minimum Gasteiger partial charge on any atom is -0.497 e. The minimum absolute atomic E-state index is 0.120. The van der Waals surface area contributed by atoms with Crippen molar-refractivity contribution in [2.45, 2.75) is 13.3 Å². The second-order valence-corrected chi connectivity index (χ2v) is 5.56. The molecular weight excluding hydrogens is 320 g/mol. The van der Waals surface area contributed by atoms with Crippen LogP contribution in [0.5, 0.6) is 11.5 Å². The summed E-state index contributed by atoms with van der Waals surface area (Å²) in [6.45, 7) is 1.85. The lowest BCUT2D eigenvalue weighted by molar-refractivity contribution is -0.123. The van der Waals surface area contributed by atoms with Crippen LogP contribution in [0.25, 0.3) is 0 Å². The minimum atomic E-state index is -0.343. The number of benzene rings is 2. The molecule has 6 heteroatoms. The van der Waals surface area contributed by atoms with Crippen LogP contribution in [0, 0.1) is 6.92 Å². The first-order valence-electron chi connectivity index (χ1n) is 7.86. The number of carbonyl (C=O) groups is 2. The molecule has 6 nitrogen and oxygen atoms in total. The molecule has 0 atom stereocenters. The Morgan fingerprint density at radius 2 is 1.80 bits per heavy atom. The van der Waals surface area contributed by atoms with Gasteiger partial charge in [0.1, 0.15) is 11.5 Å². The Labute approximate surface area is 147 Å². The fourth-order valence-electron chi connectivity index (χ4n) is 2.36. The quantitative estimate of drug-likeness (QED) is 0.809. The maximum absolute atomic E-state index is 12.1. The molecule has 0 radical (unpaired) electrons. The fraction of sp³-hybridized carbons (Fsp3) is 0.263. The second-order valence-electron chi connectivity index (χ2n) is 5.56. The highest BCUT2D eigenvalue weighted by Gasteiger charge is 2.11. The molecule has 0 heterocycles. The molecule has 0 fully saturated rings. The van der Waals surface area contributed by atoms with Crippen molar-refractivity contribution < 1.29 is 19.1 Å². The summed E-state index contributed by atoms with van der Waals surface area (Å²) in [5.41, 5.74) is 2.49. The predicted octanol–water partition coefficient (Wildman–Crippen LogP) is 2.31. The molecule has 0 aromatic heterocycles. The average Bonchev–Trinajstić information content (AvgIpc) is 2.60. The van der Waals surface area contributed by atoms with E-state index >= 15 is 0 Å². The molecule has 2 rings (SSSR count). The van der Waals surface area contributed by atoms with Gasteiger partial charge in [-0.2, -0.15) is 0 Å². The lowest BCUT2D eigenvalue weighted by atomic mass is 10.1. The van der Waals surface area contributed by atoms with E-state index in [2.05, 4.69) is 10.6 Å². The molecule has 0 aliphatic heterocycles. The van der Waals surface area contributed by atoms with Crippen molar-refractivity contribution >= 4 is 17.5 Å². The summed E-state index contributed by atoms with van der Waals surface area (Å²) in [6.07, 6.45) is 0.234. The van der Waals surface area contributed by atoms with Gasteiger partial charge in [-0.3, -0.25) is 9.59 Å². The van der Waals surface area contributed by atoms with Crippen molar-refractivity contribution in [2.75, 3.05) is 26.1 Å². The number of ether oxygens (including phenoxy) is 2. The summed E-state index contributed by atoms with van der Waals surface area (Å²) in [4.78, 5) is 24.0. The highest BCUT2D eigenvalue weighted by molar-refractivity contribution is 5.96. The summed E-state index contributed by atoms with van der Waals surface area (Å²) in [6, 6.07) is 12.8. The molecule has 25 heavy (non-hydrogen) atoms. The van der Waals surface area contributed by atoms with Crippen LogP contribution in [0.3, 0.4) is 0 Å². The van der Waals surface area contributed by atoms with E-state index in [0.29, 0.717) is 17.2 Å². The summed E-state index contributed by atoms with van der Waals surface area (Å²) < 4.78 is 10.3. The van der Waals surface area contributed by atoms with E-state index < -0.39 is 0 Å². The molecule has 0 saturated carbocycles. The monoisotopic (exact) mass is 342 g/mol. The van der Waals surface area contributed by atoms with Crippen molar-refractivity contribution in [1.82, 2.24) is 5.32 Å². The van der Waals surface area contributed by atoms with Crippen LogP contribution < -0.4 is 20.1 Å². The maximum Gasteiger partial charge on any atom is 0.243 e. The van der Waals surface area contributed by atoms with Crippen LogP contribution >= 0.6 is 0 Å². The molecule has 132 valence electrons. The molecule has 2 aromatic carbocycles. The highest BCUT2D eigenvalue weighted by Crippen LogP contribution is 2.28. The number of anilines is 1. The van der Waals surface area contributed by atoms with Crippen LogP contribution in [0.2, 0.25) is 0 Å². The Hall–Kier alpha value is -3.02. The Balaban J connectivity index is 1.89. The Morgan fingerprint density at radius 1 is 1.00 bits per heavy atom. The van der Waals surface area contributed by atoms with Gasteiger partial charge in [0.2, 0.25) is 11.8 Å². The molecule has 0 unspecified atom stereocenters. The number of aryl methyl sites for hydroxylation is 1. The van der Waals surface area contributed by atoms with E-state index in [1.165, 1.54) is 7.11 Å². The van der Waals surface area contributed by atoms with Gasteiger partial charge < -0.3 is 20.1 Å². The smallest absolute Gasteiger partial charge is 0.243 e. The molecule has 0 aliphatic carbocycles. The second kappa shape index (κ2) is 8.73. The lowest BCUT2D eigenvalue weighted by Crippen LogP contribution is -2.33. The zero-order valence-corrected chi connectivity index (χ0v) is 14.6. The molecule has 0 bridgehead atoms. The Kier molecular flexibility index (Phi) is 6.39. The lowest BCUT2D eigenvalue weighted by Gasteiger charge is -2.12. The molecule has 2 amide bonds. The number of amides is 2. The van der Waals surface area contributed by atoms with Gasteiger partial charge in [-0.1, -0.05) is 29.8 Å². The predicted molar refractivity (Wildman–Crippen MR) is 96.1 cm³/mol. The number of hydrogen-bond donors (Lipinski definition) is 2. The third kappa shape index (κ3) is 5.53. The third-order valence-corrected chi connectivity index (χ3v) is 3.57. The fourth-order valence-corrected chi connectivity index (χ4v) is 2.36. The zero-order valence-electron chi connectivity index (χ0n) is 14.6. The Morgan fingerprint density at radius 3 is 2.48 bits per heavy atom. The molecule has 0 saturated heterocycles. The van der Waals surface area contributed by atoms with Gasteiger partial charge in [0.15, 0.2) is 0 Å². The van der Waals surface area contributed by atoms with Crippen LogP contribution in [0.4, 0.5) is 5.69 Å². The standard InChI is InChI=1S/C19H22N2O4/c1-13-5-4-6-14(9-13)10-18(22)20-12-19(23)21-16-11-15(24-2)7-8-17(16)25-3/h4-9,11H,10,12H2,1-3H3,(H,20,22)(H,21,23). The largest absolute Gasteiger partial charge is 0.497 e. The number of carbonyl (C=O) groups excluding carboxylic acids is 2. The van der Waals surface area contributed by atoms with Crippen molar-refractivity contribution in [2.24, 2.45) is 0 Å². The van der Waals surface area contributed by atoms with Crippen molar-refractivity contribution in [3.63, 3.8) is 0 Å². The van der Waals surface area contributed by atoms with E-state index in [1.54, 1.807) is 25.3 Å². The number of rotatable bonds is 7. The summed E-state index contributed by atoms with van der Waals surface area (Å²) >= 11 is 0. The van der Waals surface area contributed by atoms with Crippen LogP contribution in [-0.4, -0.2) is 32.6 Å².